The molecule has 2 heterocycles. The average Bonchev–Trinajstić information content (AvgIpc) is 2.49. The van der Waals surface area contributed by atoms with Crippen molar-refractivity contribution >= 4 is 23.7 Å². The zero-order valence-corrected chi connectivity index (χ0v) is 11.2. The Morgan fingerprint density at radius 2 is 2.14 bits per heavy atom. The number of carbonyl (C=O) groups is 1. The van der Waals surface area contributed by atoms with Gasteiger partial charge in [0, 0.05) is 22.8 Å². The third kappa shape index (κ3) is 2.00. The molecule has 8 heteroatoms. The van der Waals surface area contributed by atoms with E-state index in [9.17, 15) is 25.0 Å². The Labute approximate surface area is 121 Å². The molecule has 1 aromatic carbocycles. The molecule has 7 nitrogen and oxygen atoms in total. The van der Waals surface area contributed by atoms with E-state index in [1.165, 1.54) is 34.2 Å². The number of carbonyl (C=O) groups excluding carboxylic acids is 1. The Bertz CT molecular complexity index is 841. The van der Waals surface area contributed by atoms with Crippen LogP contribution >= 0.6 is 11.8 Å². The van der Waals surface area contributed by atoms with Gasteiger partial charge in [-0.05, 0) is 6.07 Å². The van der Waals surface area contributed by atoms with Gasteiger partial charge in [-0.1, -0.05) is 0 Å². The number of fused-ring (bicyclic) bond motifs is 3. The van der Waals surface area contributed by atoms with Gasteiger partial charge in [-0.25, -0.2) is 0 Å². The van der Waals surface area contributed by atoms with Crippen molar-refractivity contribution < 1.29 is 19.2 Å². The van der Waals surface area contributed by atoms with E-state index in [0.717, 1.165) is 6.26 Å². The van der Waals surface area contributed by atoms with E-state index in [1.807, 2.05) is 0 Å². The Morgan fingerprint density at radius 3 is 2.81 bits per heavy atom. The largest absolute Gasteiger partial charge is 0.556 e. The second-order valence-corrected chi connectivity index (χ2v) is 5.37. The molecule has 0 saturated heterocycles. The molecule has 106 valence electrons. The molecule has 1 aromatic heterocycles. The Balaban J connectivity index is 2.29. The number of rotatable bonds is 2. The SMILES string of the molecule is O=Cc1c[o+]([O-])c2c(c1=O)CSc1cc([N+](=O)[O-])ccc1-2. The highest BCUT2D eigenvalue weighted by molar-refractivity contribution is 7.98. The first kappa shape index (κ1) is 13.4. The van der Waals surface area contributed by atoms with Crippen LogP contribution in [-0.2, 0) is 5.75 Å². The number of thioether (sulfide) groups is 1. The summed E-state index contributed by atoms with van der Waals surface area (Å²) in [6.07, 6.45) is 1.19. The smallest absolute Gasteiger partial charge is 0.297 e. The first-order chi connectivity index (χ1) is 10.0. The van der Waals surface area contributed by atoms with E-state index in [-0.39, 0.29) is 28.3 Å². The fraction of sp³-hybridized carbons (Fsp3) is 0.0769. The molecule has 0 radical (unpaired) electrons. The third-order valence-electron chi connectivity index (χ3n) is 3.17. The lowest BCUT2D eigenvalue weighted by Crippen LogP contribution is -2.21. The van der Waals surface area contributed by atoms with Gasteiger partial charge in [0.25, 0.3) is 17.7 Å². The molecule has 0 atom stereocenters. The van der Waals surface area contributed by atoms with Gasteiger partial charge in [-0.15, -0.1) is 11.8 Å². The zero-order valence-electron chi connectivity index (χ0n) is 10.4. The van der Waals surface area contributed by atoms with Crippen LogP contribution in [-0.4, -0.2) is 11.2 Å². The van der Waals surface area contributed by atoms with Gasteiger partial charge in [-0.2, -0.15) is 0 Å². The molecule has 0 spiro atoms. The van der Waals surface area contributed by atoms with E-state index < -0.39 is 10.4 Å². The summed E-state index contributed by atoms with van der Waals surface area (Å²) in [5, 5.41) is 22.7. The van der Waals surface area contributed by atoms with Crippen LogP contribution in [0.25, 0.3) is 11.3 Å². The van der Waals surface area contributed by atoms with Gasteiger partial charge in [0.05, 0.1) is 10.5 Å². The topological polar surface area (TPSA) is 103 Å². The summed E-state index contributed by atoms with van der Waals surface area (Å²) in [4.78, 5) is 33.6. The molecule has 3 rings (SSSR count). The third-order valence-corrected chi connectivity index (χ3v) is 4.25. The summed E-state index contributed by atoms with van der Waals surface area (Å²) in [6.45, 7) is 0. The summed E-state index contributed by atoms with van der Waals surface area (Å²) in [5.74, 6) is 0.258. The van der Waals surface area contributed by atoms with Crippen molar-refractivity contribution in [3.63, 3.8) is 0 Å². The summed E-state index contributed by atoms with van der Waals surface area (Å²) in [5.41, 5.74) is -0.151. The van der Waals surface area contributed by atoms with Gasteiger partial charge < -0.3 is 9.46 Å². The maximum atomic E-state index is 12.1. The summed E-state index contributed by atoms with van der Waals surface area (Å²) in [6, 6.07) is 4.06. The maximum Gasteiger partial charge on any atom is 0.297 e. The predicted molar refractivity (Wildman–Crippen MR) is 72.0 cm³/mol. The zero-order chi connectivity index (χ0) is 15.1. The van der Waals surface area contributed by atoms with Crippen molar-refractivity contribution in [2.75, 3.05) is 0 Å². The van der Waals surface area contributed by atoms with Gasteiger partial charge in [-0.3, -0.25) is 19.7 Å². The van der Waals surface area contributed by atoms with E-state index in [0.29, 0.717) is 16.7 Å². The number of benzene rings is 1. The lowest BCUT2D eigenvalue weighted by atomic mass is 10.1. The summed E-state index contributed by atoms with van der Waals surface area (Å²) >= 11 is 1.22. The van der Waals surface area contributed by atoms with Gasteiger partial charge >= 0.3 is 0 Å². The van der Waals surface area contributed by atoms with Crippen molar-refractivity contribution in [1.82, 2.24) is 0 Å². The lowest BCUT2D eigenvalue weighted by Gasteiger charge is -2.19. The molecule has 21 heavy (non-hydrogen) atoms. The van der Waals surface area contributed by atoms with Crippen LogP contribution in [0.4, 0.5) is 5.69 Å². The van der Waals surface area contributed by atoms with Crippen LogP contribution in [0.1, 0.15) is 15.9 Å². The number of hydrogen-bond acceptors (Lipinski definition) is 6. The number of nitro groups is 1. The molecule has 1 aliphatic heterocycles. The Kier molecular flexibility index (Phi) is 3.02. The van der Waals surface area contributed by atoms with Crippen molar-refractivity contribution in [3.05, 3.63) is 55.9 Å². The predicted octanol–water partition coefficient (Wildman–Crippen LogP) is 1.44. The lowest BCUT2D eigenvalue weighted by molar-refractivity contribution is -0.693. The Hall–Kier alpha value is -2.61. The van der Waals surface area contributed by atoms with Crippen LogP contribution < -0.4 is 10.7 Å². The van der Waals surface area contributed by atoms with E-state index in [1.54, 1.807) is 0 Å². The molecule has 2 aromatic rings. The molecule has 0 unspecified atom stereocenters. The average molecular weight is 305 g/mol. The van der Waals surface area contributed by atoms with Crippen LogP contribution in [0.5, 0.6) is 0 Å². The van der Waals surface area contributed by atoms with Crippen LogP contribution in [0, 0.1) is 10.1 Å². The minimum atomic E-state index is -0.525. The van der Waals surface area contributed by atoms with Gasteiger partial charge in [0.15, 0.2) is 11.8 Å². The highest BCUT2D eigenvalue weighted by Crippen LogP contribution is 2.42. The number of aldehydes is 1. The van der Waals surface area contributed by atoms with Gasteiger partial charge in [0.1, 0.15) is 5.56 Å². The molecule has 0 saturated carbocycles. The first-order valence-electron chi connectivity index (χ1n) is 5.80. The summed E-state index contributed by atoms with van der Waals surface area (Å²) in [7, 11) is 0. The number of nitrogens with zero attached hydrogens (tertiary/aromatic N) is 1. The molecule has 0 amide bonds. The van der Waals surface area contributed by atoms with Gasteiger partial charge in [0.2, 0.25) is 5.43 Å². The Morgan fingerprint density at radius 1 is 1.38 bits per heavy atom. The molecular formula is C13H7NO6S. The van der Waals surface area contributed by atoms with Crippen molar-refractivity contribution in [2.45, 2.75) is 10.6 Å². The minimum Gasteiger partial charge on any atom is -0.556 e. The first-order valence-corrected chi connectivity index (χ1v) is 6.78. The van der Waals surface area contributed by atoms with E-state index >= 15 is 0 Å². The second kappa shape index (κ2) is 4.74. The molecule has 0 aliphatic carbocycles. The standard InChI is InChI=1S/C13H7NO6S/c15-4-7-5-20(19)13-9-2-1-8(14(17)18)3-11(9)21-6-10(13)12(7)16/h1-5H,6H2. The van der Waals surface area contributed by atoms with Crippen molar-refractivity contribution in [1.29, 1.82) is 0 Å². The van der Waals surface area contributed by atoms with E-state index in [4.69, 9.17) is 0 Å². The van der Waals surface area contributed by atoms with Crippen molar-refractivity contribution in [2.24, 2.45) is 0 Å². The monoisotopic (exact) mass is 305 g/mol. The second-order valence-electron chi connectivity index (χ2n) is 4.35. The number of nitro benzene ring substituents is 1. The van der Waals surface area contributed by atoms with Crippen molar-refractivity contribution in [3.8, 4) is 11.3 Å². The number of hydrogen-bond donors (Lipinski definition) is 0. The van der Waals surface area contributed by atoms with Crippen LogP contribution in [0.2, 0.25) is 0 Å². The fourth-order valence-electron chi connectivity index (χ4n) is 2.19. The molecule has 0 fully saturated rings. The highest BCUT2D eigenvalue weighted by Gasteiger charge is 2.30. The molecule has 0 N–H and O–H groups in total. The maximum absolute atomic E-state index is 12.1. The quantitative estimate of drug-likeness (QED) is 0.273. The minimum absolute atomic E-state index is 0.0780. The van der Waals surface area contributed by atoms with E-state index in [2.05, 4.69) is 0 Å². The molecule has 1 aliphatic rings. The van der Waals surface area contributed by atoms with Crippen LogP contribution in [0.15, 0.2) is 38.4 Å². The highest BCUT2D eigenvalue weighted by atomic mass is 32.2. The number of non-ortho nitro benzene ring substituents is 1. The normalized spacial score (nSPS) is 12.4. The molecular weight excluding hydrogens is 298 g/mol. The molecule has 0 bridgehead atoms. The van der Waals surface area contributed by atoms with Crippen LogP contribution in [0.3, 0.4) is 0 Å². The summed E-state index contributed by atoms with van der Waals surface area (Å²) < 4.78 is 1.37. The fourth-order valence-corrected chi connectivity index (χ4v) is 3.27.